The first-order valence-corrected chi connectivity index (χ1v) is 5.00. The number of carbonyl (C=O) groups excluding carboxylic acids is 1. The molecular formula is C11H12F3NO3. The predicted molar refractivity (Wildman–Crippen MR) is 56.6 cm³/mol. The maximum absolute atomic E-state index is 11.8. The van der Waals surface area contributed by atoms with Crippen molar-refractivity contribution < 1.29 is 27.5 Å². The summed E-state index contributed by atoms with van der Waals surface area (Å²) >= 11 is 0. The number of hydroxylamine groups is 1. The van der Waals surface area contributed by atoms with Gasteiger partial charge in [0.2, 0.25) is 0 Å². The fourth-order valence-electron chi connectivity index (χ4n) is 1.26. The van der Waals surface area contributed by atoms with Gasteiger partial charge in [-0.2, -0.15) is 13.2 Å². The summed E-state index contributed by atoms with van der Waals surface area (Å²) < 4.78 is 40.3. The van der Waals surface area contributed by atoms with Gasteiger partial charge in [0.1, 0.15) is 0 Å². The van der Waals surface area contributed by atoms with Gasteiger partial charge in [-0.1, -0.05) is 18.2 Å². The third-order valence-electron chi connectivity index (χ3n) is 1.96. The maximum Gasteiger partial charge on any atom is 0.414 e. The molecule has 0 heterocycles. The van der Waals surface area contributed by atoms with Crippen molar-refractivity contribution in [1.82, 2.24) is 5.48 Å². The number of ether oxygens (including phenoxy) is 1. The second-order valence-electron chi connectivity index (χ2n) is 3.43. The molecule has 7 heteroatoms. The number of nitrogens with one attached hydrogen (secondary N) is 1. The van der Waals surface area contributed by atoms with Crippen molar-refractivity contribution >= 4 is 5.91 Å². The summed E-state index contributed by atoms with van der Waals surface area (Å²) in [6.45, 7) is -1.35. The molecule has 0 radical (unpaired) electrons. The van der Waals surface area contributed by atoms with Gasteiger partial charge < -0.3 is 4.74 Å². The van der Waals surface area contributed by atoms with Crippen LogP contribution < -0.4 is 5.48 Å². The van der Waals surface area contributed by atoms with Gasteiger partial charge in [0, 0.05) is 12.7 Å². The van der Waals surface area contributed by atoms with Crippen LogP contribution in [-0.4, -0.2) is 25.8 Å². The summed E-state index contributed by atoms with van der Waals surface area (Å²) in [6, 6.07) is 6.41. The number of hydrogen-bond acceptors (Lipinski definition) is 3. The van der Waals surface area contributed by atoms with Gasteiger partial charge in [-0.25, -0.2) is 5.48 Å². The highest BCUT2D eigenvalue weighted by molar-refractivity contribution is 5.94. The SMILES string of the molecule is COCc1ccccc1C(=O)NOCC(F)(F)F. The van der Waals surface area contributed by atoms with Crippen molar-refractivity contribution in [3.8, 4) is 0 Å². The van der Waals surface area contributed by atoms with E-state index in [0.29, 0.717) is 5.56 Å². The lowest BCUT2D eigenvalue weighted by Crippen LogP contribution is -2.30. The number of carbonyl (C=O) groups is 1. The van der Waals surface area contributed by atoms with Crippen molar-refractivity contribution in [1.29, 1.82) is 0 Å². The Labute approximate surface area is 102 Å². The topological polar surface area (TPSA) is 47.6 Å². The molecule has 0 aliphatic carbocycles. The number of halogens is 3. The van der Waals surface area contributed by atoms with Crippen LogP contribution in [0.4, 0.5) is 13.2 Å². The Hall–Kier alpha value is -1.60. The largest absolute Gasteiger partial charge is 0.414 e. The summed E-state index contributed by atoms with van der Waals surface area (Å²) in [7, 11) is 1.45. The Morgan fingerprint density at radius 3 is 2.61 bits per heavy atom. The van der Waals surface area contributed by atoms with E-state index in [-0.39, 0.29) is 12.2 Å². The molecule has 0 fully saturated rings. The van der Waals surface area contributed by atoms with E-state index in [1.807, 2.05) is 0 Å². The minimum Gasteiger partial charge on any atom is -0.380 e. The second-order valence-corrected chi connectivity index (χ2v) is 3.43. The molecule has 18 heavy (non-hydrogen) atoms. The Morgan fingerprint density at radius 2 is 2.00 bits per heavy atom. The lowest BCUT2D eigenvalue weighted by Gasteiger charge is -2.10. The van der Waals surface area contributed by atoms with Crippen molar-refractivity contribution in [2.24, 2.45) is 0 Å². The van der Waals surface area contributed by atoms with E-state index in [1.165, 1.54) is 13.2 Å². The molecule has 0 atom stereocenters. The van der Waals surface area contributed by atoms with Gasteiger partial charge in [0.05, 0.1) is 6.61 Å². The zero-order chi connectivity index (χ0) is 13.6. The lowest BCUT2D eigenvalue weighted by molar-refractivity contribution is -0.184. The van der Waals surface area contributed by atoms with E-state index in [0.717, 1.165) is 0 Å². The molecule has 100 valence electrons. The predicted octanol–water partition coefficient (Wildman–Crippen LogP) is 2.06. The highest BCUT2D eigenvalue weighted by Crippen LogP contribution is 2.14. The molecule has 1 aromatic rings. The van der Waals surface area contributed by atoms with Crippen LogP contribution in [0.15, 0.2) is 24.3 Å². The molecule has 0 saturated heterocycles. The Morgan fingerprint density at radius 1 is 1.33 bits per heavy atom. The lowest BCUT2D eigenvalue weighted by atomic mass is 10.1. The smallest absolute Gasteiger partial charge is 0.380 e. The molecule has 1 aromatic carbocycles. The zero-order valence-corrected chi connectivity index (χ0v) is 9.58. The molecular weight excluding hydrogens is 251 g/mol. The van der Waals surface area contributed by atoms with Crippen LogP contribution >= 0.6 is 0 Å². The normalized spacial score (nSPS) is 11.3. The average molecular weight is 263 g/mol. The van der Waals surface area contributed by atoms with Crippen LogP contribution in [-0.2, 0) is 16.2 Å². The Balaban J connectivity index is 2.61. The standard InChI is InChI=1S/C11H12F3NO3/c1-17-6-8-4-2-3-5-9(8)10(16)15-18-7-11(12,13)14/h2-5H,6-7H2,1H3,(H,15,16). The zero-order valence-electron chi connectivity index (χ0n) is 9.58. The van der Waals surface area contributed by atoms with Crippen LogP contribution in [0.25, 0.3) is 0 Å². The Kier molecular flexibility index (Phi) is 5.11. The van der Waals surface area contributed by atoms with E-state index in [2.05, 4.69) is 4.84 Å². The van der Waals surface area contributed by atoms with Crippen LogP contribution in [0.5, 0.6) is 0 Å². The summed E-state index contributed by atoms with van der Waals surface area (Å²) in [5.41, 5.74) is 2.51. The highest BCUT2D eigenvalue weighted by Gasteiger charge is 2.28. The average Bonchev–Trinajstić information content (AvgIpc) is 2.28. The van der Waals surface area contributed by atoms with Crippen LogP contribution in [0.3, 0.4) is 0 Å². The Bertz CT molecular complexity index is 407. The van der Waals surface area contributed by atoms with Gasteiger partial charge in [-0.05, 0) is 11.6 Å². The van der Waals surface area contributed by atoms with E-state index < -0.39 is 18.7 Å². The molecule has 1 rings (SSSR count). The molecule has 0 saturated carbocycles. The van der Waals surface area contributed by atoms with Crippen LogP contribution in [0.2, 0.25) is 0 Å². The van der Waals surface area contributed by atoms with Gasteiger partial charge in [0.25, 0.3) is 5.91 Å². The van der Waals surface area contributed by atoms with Crippen molar-refractivity contribution in [2.75, 3.05) is 13.7 Å². The van der Waals surface area contributed by atoms with E-state index in [1.54, 1.807) is 23.7 Å². The molecule has 0 spiro atoms. The van der Waals surface area contributed by atoms with E-state index in [4.69, 9.17) is 4.74 Å². The van der Waals surface area contributed by atoms with Gasteiger partial charge >= 0.3 is 6.18 Å². The van der Waals surface area contributed by atoms with Crippen molar-refractivity contribution in [2.45, 2.75) is 12.8 Å². The number of alkyl halides is 3. The molecule has 4 nitrogen and oxygen atoms in total. The molecule has 0 aliphatic rings. The number of methoxy groups -OCH3 is 1. The minimum absolute atomic E-state index is 0.183. The number of amides is 1. The van der Waals surface area contributed by atoms with Crippen LogP contribution in [0, 0.1) is 0 Å². The molecule has 1 amide bonds. The third-order valence-corrected chi connectivity index (χ3v) is 1.96. The first kappa shape index (κ1) is 14.5. The summed E-state index contributed by atoms with van der Waals surface area (Å²) in [6.07, 6.45) is -4.49. The fourth-order valence-corrected chi connectivity index (χ4v) is 1.26. The molecule has 0 aromatic heterocycles. The number of benzene rings is 1. The number of rotatable bonds is 5. The first-order valence-electron chi connectivity index (χ1n) is 5.00. The highest BCUT2D eigenvalue weighted by atomic mass is 19.4. The number of hydrogen-bond donors (Lipinski definition) is 1. The van der Waals surface area contributed by atoms with Crippen molar-refractivity contribution in [3.63, 3.8) is 0 Å². The van der Waals surface area contributed by atoms with Gasteiger partial charge in [0.15, 0.2) is 6.61 Å². The van der Waals surface area contributed by atoms with Crippen molar-refractivity contribution in [3.05, 3.63) is 35.4 Å². The summed E-state index contributed by atoms with van der Waals surface area (Å²) in [4.78, 5) is 15.6. The van der Waals surface area contributed by atoms with Gasteiger partial charge in [-0.15, -0.1) is 0 Å². The summed E-state index contributed by atoms with van der Waals surface area (Å²) in [5.74, 6) is -0.744. The first-order chi connectivity index (χ1) is 8.44. The molecule has 0 bridgehead atoms. The monoisotopic (exact) mass is 263 g/mol. The van der Waals surface area contributed by atoms with E-state index in [9.17, 15) is 18.0 Å². The molecule has 0 aliphatic heterocycles. The van der Waals surface area contributed by atoms with Crippen LogP contribution in [0.1, 0.15) is 15.9 Å². The second kappa shape index (κ2) is 6.36. The minimum atomic E-state index is -4.49. The van der Waals surface area contributed by atoms with Gasteiger partial charge in [-0.3, -0.25) is 9.63 Å². The molecule has 1 N–H and O–H groups in total. The quantitative estimate of drug-likeness (QED) is 0.827. The maximum atomic E-state index is 11.8. The molecule has 0 unspecified atom stereocenters. The summed E-state index contributed by atoms with van der Waals surface area (Å²) in [5, 5.41) is 0. The third kappa shape index (κ3) is 4.72. The fraction of sp³-hybridized carbons (Fsp3) is 0.364. The van der Waals surface area contributed by atoms with E-state index >= 15 is 0 Å².